The molecular weight excluding hydrogens is 478 g/mol. The van der Waals surface area contributed by atoms with Gasteiger partial charge in [0.2, 0.25) is 0 Å². The summed E-state index contributed by atoms with van der Waals surface area (Å²) in [7, 11) is 0.203. The van der Waals surface area contributed by atoms with Crippen molar-refractivity contribution in [3.8, 4) is 0 Å². The summed E-state index contributed by atoms with van der Waals surface area (Å²) >= 11 is 0. The Labute approximate surface area is 204 Å². The normalized spacial score (nSPS) is 26.7. The van der Waals surface area contributed by atoms with Crippen molar-refractivity contribution >= 4 is 28.6 Å². The van der Waals surface area contributed by atoms with Gasteiger partial charge in [0.05, 0.1) is 10.9 Å². The molecular formula is C26H26F2O6S. The lowest BCUT2D eigenvalue weighted by Crippen LogP contribution is -2.58. The second-order valence-corrected chi connectivity index (χ2v) is 11.4. The monoisotopic (exact) mass is 504 g/mol. The maximum absolute atomic E-state index is 13.4. The Morgan fingerprint density at radius 1 is 0.914 bits per heavy atom. The maximum atomic E-state index is 13.4. The maximum Gasteiger partial charge on any atom is 0.436 e. The van der Waals surface area contributed by atoms with Crippen LogP contribution in [0.5, 0.6) is 0 Å². The van der Waals surface area contributed by atoms with E-state index in [0.29, 0.717) is 19.3 Å². The minimum Gasteiger partial charge on any atom is -0.661 e. The fraction of sp³-hybridized carbons (Fsp3) is 0.423. The van der Waals surface area contributed by atoms with E-state index in [4.69, 9.17) is 4.74 Å². The molecule has 0 N–H and O–H groups in total. The Morgan fingerprint density at radius 3 is 1.86 bits per heavy atom. The van der Waals surface area contributed by atoms with Gasteiger partial charge in [0.1, 0.15) is 17.6 Å². The van der Waals surface area contributed by atoms with Crippen LogP contribution in [0.15, 0.2) is 70.5 Å². The first kappa shape index (κ1) is 25.3. The Kier molecular flexibility index (Phi) is 7.28. The van der Waals surface area contributed by atoms with Gasteiger partial charge < -0.3 is 14.9 Å². The zero-order chi connectivity index (χ0) is 25.2. The summed E-state index contributed by atoms with van der Waals surface area (Å²) < 4.78 is 31.6. The average Bonchev–Trinajstić information content (AvgIpc) is 2.87. The first-order valence-corrected chi connectivity index (χ1v) is 13.0. The minimum absolute atomic E-state index is 0.114. The number of alkyl halides is 2. The summed E-state index contributed by atoms with van der Waals surface area (Å²) in [6, 6.07) is 21.3. The fourth-order valence-corrected chi connectivity index (χ4v) is 6.98. The highest BCUT2D eigenvalue weighted by Gasteiger charge is 2.60. The SMILES string of the molecule is C[S+](c1ccccc1)c1ccccc1.O=C1C2CC3CC1CC(OC(=O)C(F)(F)C(=O)O[O-])(C3)C2. The molecule has 4 aliphatic carbocycles. The summed E-state index contributed by atoms with van der Waals surface area (Å²) in [5.74, 6) is -9.40. The molecule has 4 saturated carbocycles. The number of hydrogen-bond donors (Lipinski definition) is 0. The van der Waals surface area contributed by atoms with E-state index in [-0.39, 0.29) is 47.3 Å². The highest BCUT2D eigenvalue weighted by molar-refractivity contribution is 7.96. The third-order valence-electron chi connectivity index (χ3n) is 7.03. The van der Waals surface area contributed by atoms with Gasteiger partial charge >= 0.3 is 17.9 Å². The van der Waals surface area contributed by atoms with Crippen molar-refractivity contribution in [1.82, 2.24) is 0 Å². The second-order valence-electron chi connectivity index (χ2n) is 9.40. The molecule has 6 rings (SSSR count). The number of carbonyl (C=O) groups is 3. The van der Waals surface area contributed by atoms with Gasteiger partial charge in [-0.25, -0.2) is 9.59 Å². The number of ether oxygens (including phenoxy) is 1. The van der Waals surface area contributed by atoms with Crippen LogP contribution in [-0.2, 0) is 34.9 Å². The molecule has 4 fully saturated rings. The van der Waals surface area contributed by atoms with Crippen LogP contribution in [-0.4, -0.2) is 35.5 Å². The van der Waals surface area contributed by atoms with Gasteiger partial charge in [-0.05, 0) is 62.3 Å². The van der Waals surface area contributed by atoms with E-state index in [9.17, 15) is 28.4 Å². The lowest BCUT2D eigenvalue weighted by Gasteiger charge is -2.54. The number of rotatable bonds is 5. The van der Waals surface area contributed by atoms with E-state index < -0.39 is 23.5 Å². The van der Waals surface area contributed by atoms with Crippen LogP contribution in [0.2, 0.25) is 0 Å². The molecule has 2 unspecified atom stereocenters. The van der Waals surface area contributed by atoms with Crippen LogP contribution in [0, 0.1) is 17.8 Å². The Balaban J connectivity index is 0.000000179. The van der Waals surface area contributed by atoms with Gasteiger partial charge in [0.25, 0.3) is 0 Å². The zero-order valence-electron chi connectivity index (χ0n) is 19.2. The van der Waals surface area contributed by atoms with E-state index in [1.165, 1.54) is 9.79 Å². The molecule has 4 bridgehead atoms. The first-order chi connectivity index (χ1) is 16.6. The van der Waals surface area contributed by atoms with Crippen LogP contribution in [0.3, 0.4) is 0 Å². The van der Waals surface area contributed by atoms with Crippen LogP contribution in [0.25, 0.3) is 0 Å². The average molecular weight is 505 g/mol. The fourth-order valence-electron chi connectivity index (χ4n) is 5.58. The van der Waals surface area contributed by atoms with Gasteiger partial charge in [-0.1, -0.05) is 36.4 Å². The highest BCUT2D eigenvalue weighted by Crippen LogP contribution is 2.55. The van der Waals surface area contributed by atoms with Crippen molar-refractivity contribution in [2.24, 2.45) is 17.8 Å². The Hall–Kier alpha value is -2.78. The van der Waals surface area contributed by atoms with Crippen molar-refractivity contribution in [1.29, 1.82) is 0 Å². The van der Waals surface area contributed by atoms with Gasteiger partial charge in [0, 0.05) is 11.8 Å². The Bertz CT molecular complexity index is 1020. The van der Waals surface area contributed by atoms with Crippen molar-refractivity contribution in [3.63, 3.8) is 0 Å². The van der Waals surface area contributed by atoms with E-state index in [2.05, 4.69) is 71.8 Å². The predicted octanol–water partition coefficient (Wildman–Crippen LogP) is 3.48. The predicted molar refractivity (Wildman–Crippen MR) is 121 cm³/mol. The number of hydrogen-bond acceptors (Lipinski definition) is 6. The molecule has 0 aromatic heterocycles. The number of benzene rings is 2. The van der Waals surface area contributed by atoms with Crippen LogP contribution < -0.4 is 5.26 Å². The zero-order valence-corrected chi connectivity index (χ0v) is 20.0. The van der Waals surface area contributed by atoms with Crippen molar-refractivity contribution in [2.45, 2.75) is 53.4 Å². The number of ketones is 1. The van der Waals surface area contributed by atoms with Crippen molar-refractivity contribution in [3.05, 3.63) is 60.7 Å². The lowest BCUT2D eigenvalue weighted by molar-refractivity contribution is -0.659. The quantitative estimate of drug-likeness (QED) is 0.204. The molecule has 0 saturated heterocycles. The molecule has 2 aromatic rings. The summed E-state index contributed by atoms with van der Waals surface area (Å²) in [5.41, 5.74) is -1.12. The number of halogens is 2. The third kappa shape index (κ3) is 5.26. The summed E-state index contributed by atoms with van der Waals surface area (Å²) in [6.07, 6.45) is 4.52. The molecule has 186 valence electrons. The summed E-state index contributed by atoms with van der Waals surface area (Å²) in [6.45, 7) is 0. The second kappa shape index (κ2) is 10.1. The molecule has 0 spiro atoms. The molecule has 0 aliphatic heterocycles. The molecule has 9 heteroatoms. The topological polar surface area (TPSA) is 92.7 Å². The first-order valence-electron chi connectivity index (χ1n) is 11.4. The van der Waals surface area contributed by atoms with E-state index in [1.54, 1.807) is 0 Å². The summed E-state index contributed by atoms with van der Waals surface area (Å²) in [5, 5.41) is 9.81. The standard InChI is InChI=1S/C13H14F2O6.C13H13S/c14-13(15,11(18)21-19)10(17)20-12-3-6-1-7(4-12)9(16)8(2-6)5-12;1-14(12-8-4-2-5-9-12)13-10-6-3-7-11-13/h6-8,19H,1-5H2;2-11H,1H3/q;+1/p-1. The van der Waals surface area contributed by atoms with Crippen LogP contribution in [0.1, 0.15) is 32.1 Å². The third-order valence-corrected chi connectivity index (χ3v) is 8.99. The van der Waals surface area contributed by atoms with Gasteiger partial charge in [0.15, 0.2) is 9.79 Å². The number of esters is 1. The molecule has 0 heterocycles. The highest BCUT2D eigenvalue weighted by atomic mass is 32.2. The summed E-state index contributed by atoms with van der Waals surface area (Å²) in [4.78, 5) is 39.6. The van der Waals surface area contributed by atoms with Crippen LogP contribution >= 0.6 is 0 Å². The van der Waals surface area contributed by atoms with E-state index in [0.717, 1.165) is 0 Å². The van der Waals surface area contributed by atoms with Crippen LogP contribution in [0.4, 0.5) is 8.78 Å². The number of carbonyl (C=O) groups excluding carboxylic acids is 3. The molecule has 4 aliphatic rings. The molecule has 2 atom stereocenters. The van der Waals surface area contributed by atoms with Gasteiger partial charge in [-0.2, -0.15) is 8.78 Å². The van der Waals surface area contributed by atoms with E-state index >= 15 is 0 Å². The van der Waals surface area contributed by atoms with Crippen molar-refractivity contribution in [2.75, 3.05) is 6.26 Å². The minimum atomic E-state index is -4.62. The molecule has 0 amide bonds. The lowest BCUT2D eigenvalue weighted by atomic mass is 9.53. The number of Topliss-reactive ketones (excluding diaryl/α,β-unsaturated/α-hetero) is 1. The van der Waals surface area contributed by atoms with E-state index in [1.807, 2.05) is 0 Å². The van der Waals surface area contributed by atoms with Gasteiger partial charge in [-0.15, -0.1) is 0 Å². The molecule has 2 aromatic carbocycles. The molecule has 0 radical (unpaired) electrons. The largest absolute Gasteiger partial charge is 0.661 e. The molecule has 6 nitrogen and oxygen atoms in total. The molecule has 35 heavy (non-hydrogen) atoms. The van der Waals surface area contributed by atoms with Gasteiger partial charge in [-0.3, -0.25) is 4.79 Å². The van der Waals surface area contributed by atoms with Crippen molar-refractivity contribution < 1.29 is 38.0 Å². The Morgan fingerprint density at radius 2 is 1.40 bits per heavy atom. The smallest absolute Gasteiger partial charge is 0.436 e.